The summed E-state index contributed by atoms with van der Waals surface area (Å²) in [5.74, 6) is -0.0508. The van der Waals surface area contributed by atoms with Gasteiger partial charge in [0.05, 0.1) is 24.7 Å². The van der Waals surface area contributed by atoms with Gasteiger partial charge in [-0.05, 0) is 31.2 Å². The molecule has 1 unspecified atom stereocenters. The van der Waals surface area contributed by atoms with E-state index in [0.29, 0.717) is 25.4 Å². The van der Waals surface area contributed by atoms with Gasteiger partial charge >= 0.3 is 0 Å². The second kappa shape index (κ2) is 6.69. The van der Waals surface area contributed by atoms with Crippen molar-refractivity contribution in [1.29, 1.82) is 0 Å². The highest BCUT2D eigenvalue weighted by Crippen LogP contribution is 2.19. The fourth-order valence-electron chi connectivity index (χ4n) is 3.40. The van der Waals surface area contributed by atoms with Crippen LogP contribution in [-0.4, -0.2) is 39.6 Å². The van der Waals surface area contributed by atoms with Crippen LogP contribution in [0.1, 0.15) is 23.1 Å². The second-order valence-corrected chi connectivity index (χ2v) is 6.30. The summed E-state index contributed by atoms with van der Waals surface area (Å²) in [6, 6.07) is 15.7. The minimum atomic E-state index is -0.0508. The Morgan fingerprint density at radius 1 is 1.16 bits per heavy atom. The van der Waals surface area contributed by atoms with Gasteiger partial charge in [0.1, 0.15) is 5.69 Å². The molecule has 0 aliphatic carbocycles. The van der Waals surface area contributed by atoms with Crippen molar-refractivity contribution in [1.82, 2.24) is 14.5 Å². The Labute approximate surface area is 146 Å². The van der Waals surface area contributed by atoms with Crippen molar-refractivity contribution in [2.45, 2.75) is 26.1 Å². The Morgan fingerprint density at radius 3 is 2.92 bits per heavy atom. The summed E-state index contributed by atoms with van der Waals surface area (Å²) in [4.78, 5) is 19.5. The third kappa shape index (κ3) is 3.15. The van der Waals surface area contributed by atoms with Crippen LogP contribution in [0, 0.1) is 0 Å². The van der Waals surface area contributed by atoms with E-state index in [1.807, 2.05) is 60.5 Å². The Balaban J connectivity index is 1.65. The van der Waals surface area contributed by atoms with Crippen LogP contribution in [-0.2, 0) is 17.8 Å². The number of amides is 1. The highest BCUT2D eigenvalue weighted by Gasteiger charge is 2.26. The summed E-state index contributed by atoms with van der Waals surface area (Å²) in [6.07, 6.45) is 2.03. The largest absolute Gasteiger partial charge is 0.375 e. The third-order valence-corrected chi connectivity index (χ3v) is 4.61. The van der Waals surface area contributed by atoms with Gasteiger partial charge in [0.2, 0.25) is 0 Å². The fraction of sp³-hybridized carbons (Fsp3) is 0.300. The number of rotatable bonds is 3. The van der Waals surface area contributed by atoms with Gasteiger partial charge in [0.25, 0.3) is 5.91 Å². The first-order valence-electron chi connectivity index (χ1n) is 8.65. The number of ether oxygens (including phenoxy) is 1. The number of aromatic nitrogens is 2. The normalized spacial score (nSPS) is 17.3. The zero-order valence-electron chi connectivity index (χ0n) is 14.3. The molecule has 0 saturated heterocycles. The number of hydrogen-bond donors (Lipinski definition) is 0. The first kappa shape index (κ1) is 15.8. The number of carbonyl (C=O) groups excluding carboxylic acids is 1. The monoisotopic (exact) mass is 335 g/mol. The smallest absolute Gasteiger partial charge is 0.272 e. The summed E-state index contributed by atoms with van der Waals surface area (Å²) in [6.45, 7) is 4.54. The molecule has 0 spiro atoms. The highest BCUT2D eigenvalue weighted by atomic mass is 16.5. The average Bonchev–Trinajstić information content (AvgIpc) is 2.99. The molecule has 5 nitrogen and oxygen atoms in total. The van der Waals surface area contributed by atoms with Gasteiger partial charge in [-0.25, -0.2) is 4.98 Å². The fourth-order valence-corrected chi connectivity index (χ4v) is 3.40. The maximum Gasteiger partial charge on any atom is 0.272 e. The molecule has 25 heavy (non-hydrogen) atoms. The first-order chi connectivity index (χ1) is 12.2. The van der Waals surface area contributed by atoms with Gasteiger partial charge in [0, 0.05) is 30.4 Å². The van der Waals surface area contributed by atoms with Crippen LogP contribution in [0.3, 0.4) is 0 Å². The first-order valence-corrected chi connectivity index (χ1v) is 8.65. The number of benzene rings is 1. The van der Waals surface area contributed by atoms with Gasteiger partial charge in [-0.1, -0.05) is 24.3 Å². The lowest BCUT2D eigenvalue weighted by Gasteiger charge is -2.24. The molecule has 0 fully saturated rings. The average molecular weight is 335 g/mol. The molecule has 5 heteroatoms. The van der Waals surface area contributed by atoms with Crippen LogP contribution in [0.15, 0.2) is 54.7 Å². The zero-order valence-corrected chi connectivity index (χ0v) is 14.3. The Morgan fingerprint density at radius 2 is 2.04 bits per heavy atom. The highest BCUT2D eigenvalue weighted by molar-refractivity contribution is 5.94. The van der Waals surface area contributed by atoms with E-state index in [0.717, 1.165) is 23.1 Å². The maximum atomic E-state index is 13.1. The van der Waals surface area contributed by atoms with E-state index in [-0.39, 0.29) is 12.0 Å². The molecule has 0 saturated carbocycles. The van der Waals surface area contributed by atoms with E-state index in [4.69, 9.17) is 4.74 Å². The van der Waals surface area contributed by atoms with E-state index >= 15 is 0 Å². The SMILES string of the molecule is CCOC1CN(C(=O)c2ccc3ccccc3n2)Cc2cccn2C1. The predicted octanol–water partition coefficient (Wildman–Crippen LogP) is 3.10. The van der Waals surface area contributed by atoms with Crippen molar-refractivity contribution < 1.29 is 9.53 Å². The summed E-state index contributed by atoms with van der Waals surface area (Å²) in [7, 11) is 0. The molecule has 1 amide bonds. The molecule has 2 aromatic heterocycles. The molecule has 0 bridgehead atoms. The number of para-hydroxylation sites is 1. The van der Waals surface area contributed by atoms with Crippen LogP contribution < -0.4 is 0 Å². The van der Waals surface area contributed by atoms with Crippen molar-refractivity contribution in [3.63, 3.8) is 0 Å². The number of nitrogens with zero attached hydrogens (tertiary/aromatic N) is 3. The second-order valence-electron chi connectivity index (χ2n) is 6.30. The van der Waals surface area contributed by atoms with Crippen molar-refractivity contribution in [2.75, 3.05) is 13.2 Å². The van der Waals surface area contributed by atoms with Gasteiger partial charge < -0.3 is 14.2 Å². The Hall–Kier alpha value is -2.66. The standard InChI is InChI=1S/C20H21N3O2/c1-2-25-17-13-22-11-5-7-16(22)12-23(14-17)20(24)19-10-9-15-6-3-4-8-18(15)21-19/h3-11,17H,2,12-14H2,1H3. The molecular formula is C20H21N3O2. The van der Waals surface area contributed by atoms with E-state index in [1.165, 1.54) is 0 Å². The van der Waals surface area contributed by atoms with Gasteiger partial charge in [0.15, 0.2) is 0 Å². The summed E-state index contributed by atoms with van der Waals surface area (Å²) in [5, 5.41) is 1.04. The molecule has 1 aromatic carbocycles. The quantitative estimate of drug-likeness (QED) is 0.739. The molecule has 128 valence electrons. The summed E-state index contributed by atoms with van der Waals surface area (Å²) < 4.78 is 8.01. The predicted molar refractivity (Wildman–Crippen MR) is 96.3 cm³/mol. The van der Waals surface area contributed by atoms with E-state index < -0.39 is 0 Å². The summed E-state index contributed by atoms with van der Waals surface area (Å²) >= 11 is 0. The molecule has 0 N–H and O–H groups in total. The molecule has 1 aliphatic heterocycles. The number of pyridine rings is 1. The van der Waals surface area contributed by atoms with Crippen LogP contribution in [0.25, 0.3) is 10.9 Å². The van der Waals surface area contributed by atoms with E-state index in [9.17, 15) is 4.79 Å². The minimum absolute atomic E-state index is 0.0111. The Kier molecular flexibility index (Phi) is 4.24. The van der Waals surface area contributed by atoms with Crippen molar-refractivity contribution in [2.24, 2.45) is 0 Å². The minimum Gasteiger partial charge on any atom is -0.375 e. The Bertz CT molecular complexity index is 903. The van der Waals surface area contributed by atoms with Crippen LogP contribution >= 0.6 is 0 Å². The lowest BCUT2D eigenvalue weighted by atomic mass is 10.2. The van der Waals surface area contributed by atoms with Crippen molar-refractivity contribution in [3.05, 3.63) is 66.1 Å². The van der Waals surface area contributed by atoms with Gasteiger partial charge in [-0.3, -0.25) is 4.79 Å². The molecule has 1 atom stereocenters. The lowest BCUT2D eigenvalue weighted by Crippen LogP contribution is -2.37. The van der Waals surface area contributed by atoms with Crippen molar-refractivity contribution in [3.8, 4) is 0 Å². The number of carbonyl (C=O) groups is 1. The molecule has 3 heterocycles. The van der Waals surface area contributed by atoms with Crippen LogP contribution in [0.4, 0.5) is 0 Å². The lowest BCUT2D eigenvalue weighted by molar-refractivity contribution is 0.0256. The topological polar surface area (TPSA) is 47.4 Å². The number of fused-ring (bicyclic) bond motifs is 2. The molecule has 4 rings (SSSR count). The van der Waals surface area contributed by atoms with Gasteiger partial charge in [-0.2, -0.15) is 0 Å². The molecule has 3 aromatic rings. The van der Waals surface area contributed by atoms with E-state index in [2.05, 4.69) is 15.6 Å². The van der Waals surface area contributed by atoms with E-state index in [1.54, 1.807) is 0 Å². The molecular weight excluding hydrogens is 314 g/mol. The molecule has 0 radical (unpaired) electrons. The number of hydrogen-bond acceptors (Lipinski definition) is 3. The zero-order chi connectivity index (χ0) is 17.2. The third-order valence-electron chi connectivity index (χ3n) is 4.61. The maximum absolute atomic E-state index is 13.1. The van der Waals surface area contributed by atoms with Crippen LogP contribution in [0.2, 0.25) is 0 Å². The summed E-state index contributed by atoms with van der Waals surface area (Å²) in [5.41, 5.74) is 2.44. The van der Waals surface area contributed by atoms with Crippen molar-refractivity contribution >= 4 is 16.8 Å². The van der Waals surface area contributed by atoms with Crippen LogP contribution in [0.5, 0.6) is 0 Å². The molecule has 1 aliphatic rings. The van der Waals surface area contributed by atoms with Gasteiger partial charge in [-0.15, -0.1) is 0 Å².